The summed E-state index contributed by atoms with van der Waals surface area (Å²) < 4.78 is 4.45. The minimum Gasteiger partial charge on any atom is -0.330 e. The fourth-order valence-corrected chi connectivity index (χ4v) is 4.08. The molecule has 0 aliphatic carbocycles. The van der Waals surface area contributed by atoms with Gasteiger partial charge in [0.05, 0.1) is 39.5 Å². The van der Waals surface area contributed by atoms with E-state index in [4.69, 9.17) is 35.4 Å². The Labute approximate surface area is 209 Å². The van der Waals surface area contributed by atoms with Crippen LogP contribution in [0.5, 0.6) is 0 Å². The van der Waals surface area contributed by atoms with E-state index in [1.807, 2.05) is 41.3 Å². The highest BCUT2D eigenvalue weighted by molar-refractivity contribution is 9.10. The molecular formula is C22H19BrCl2N6S. The molecule has 0 saturated carbocycles. The van der Waals surface area contributed by atoms with Crippen molar-refractivity contribution in [3.63, 3.8) is 0 Å². The molecule has 0 bridgehead atoms. The van der Waals surface area contributed by atoms with Gasteiger partial charge in [-0.05, 0) is 63.9 Å². The highest BCUT2D eigenvalue weighted by atomic mass is 79.9. The van der Waals surface area contributed by atoms with E-state index in [1.165, 1.54) is 11.1 Å². The minimum atomic E-state index is 0.418. The number of thiocarbonyl (C=S) groups is 1. The molecule has 2 aromatic heterocycles. The van der Waals surface area contributed by atoms with Crippen molar-refractivity contribution in [1.82, 2.24) is 19.6 Å². The Morgan fingerprint density at radius 3 is 2.62 bits per heavy atom. The number of hydrogen-bond acceptors (Lipinski definition) is 3. The van der Waals surface area contributed by atoms with Crippen molar-refractivity contribution >= 4 is 68.0 Å². The largest absolute Gasteiger partial charge is 0.330 e. The molecule has 2 aromatic carbocycles. The van der Waals surface area contributed by atoms with E-state index in [9.17, 15) is 0 Å². The predicted molar refractivity (Wildman–Crippen MR) is 138 cm³/mol. The van der Waals surface area contributed by atoms with E-state index in [1.54, 1.807) is 16.9 Å². The molecule has 0 spiro atoms. The normalized spacial score (nSPS) is 10.9. The third-order valence-electron chi connectivity index (χ3n) is 4.76. The minimum absolute atomic E-state index is 0.418. The van der Waals surface area contributed by atoms with Gasteiger partial charge in [-0.15, -0.1) is 0 Å². The SMILES string of the molecule is Cc1ccccc1Cn1cc(NC(=S)Nc2nn(Cc3ccc(Cl)c(Cl)c3)cc2Br)cn1. The van der Waals surface area contributed by atoms with Crippen LogP contribution in [0, 0.1) is 6.92 Å². The van der Waals surface area contributed by atoms with Crippen molar-refractivity contribution in [1.29, 1.82) is 0 Å². The summed E-state index contributed by atoms with van der Waals surface area (Å²) in [5.74, 6) is 0.606. The van der Waals surface area contributed by atoms with Gasteiger partial charge in [0.25, 0.3) is 0 Å². The lowest BCUT2D eigenvalue weighted by atomic mass is 10.1. The molecule has 0 unspecified atom stereocenters. The quantitative estimate of drug-likeness (QED) is 0.274. The zero-order chi connectivity index (χ0) is 22.7. The molecular weight excluding hydrogens is 531 g/mol. The third-order valence-corrected chi connectivity index (χ3v) is 6.29. The van der Waals surface area contributed by atoms with Gasteiger partial charge in [-0.1, -0.05) is 53.5 Å². The van der Waals surface area contributed by atoms with Crippen LogP contribution in [0.2, 0.25) is 10.0 Å². The Morgan fingerprint density at radius 2 is 1.84 bits per heavy atom. The Balaban J connectivity index is 1.37. The summed E-state index contributed by atoms with van der Waals surface area (Å²) in [6, 6.07) is 13.8. The van der Waals surface area contributed by atoms with Crippen LogP contribution in [0.15, 0.2) is 65.5 Å². The van der Waals surface area contributed by atoms with Crippen molar-refractivity contribution in [2.45, 2.75) is 20.0 Å². The van der Waals surface area contributed by atoms with E-state index in [2.05, 4.69) is 55.8 Å². The van der Waals surface area contributed by atoms with Gasteiger partial charge >= 0.3 is 0 Å². The maximum Gasteiger partial charge on any atom is 0.176 e. The van der Waals surface area contributed by atoms with Crippen molar-refractivity contribution in [3.8, 4) is 0 Å². The zero-order valence-corrected chi connectivity index (χ0v) is 20.9. The second-order valence-corrected chi connectivity index (χ2v) is 9.28. The summed E-state index contributed by atoms with van der Waals surface area (Å²) in [7, 11) is 0. The molecule has 0 aliphatic heterocycles. The summed E-state index contributed by atoms with van der Waals surface area (Å²) in [6.07, 6.45) is 5.52. The van der Waals surface area contributed by atoms with Crippen LogP contribution in [-0.2, 0) is 13.1 Å². The molecule has 6 nitrogen and oxygen atoms in total. The average molecular weight is 550 g/mol. The Bertz CT molecular complexity index is 1270. The first-order chi connectivity index (χ1) is 15.4. The molecule has 164 valence electrons. The van der Waals surface area contributed by atoms with Crippen LogP contribution >= 0.6 is 51.3 Å². The van der Waals surface area contributed by atoms with Crippen molar-refractivity contribution in [2.24, 2.45) is 0 Å². The van der Waals surface area contributed by atoms with Gasteiger partial charge in [0, 0.05) is 12.4 Å². The van der Waals surface area contributed by atoms with E-state index in [0.717, 1.165) is 15.7 Å². The van der Waals surface area contributed by atoms with Crippen LogP contribution in [0.3, 0.4) is 0 Å². The highest BCUT2D eigenvalue weighted by Gasteiger charge is 2.10. The first kappa shape index (κ1) is 22.8. The van der Waals surface area contributed by atoms with Crippen LogP contribution in [0.25, 0.3) is 0 Å². The number of rotatable bonds is 6. The Morgan fingerprint density at radius 1 is 1.03 bits per heavy atom. The number of hydrogen-bond donors (Lipinski definition) is 2. The number of aromatic nitrogens is 4. The maximum absolute atomic E-state index is 6.10. The van der Waals surface area contributed by atoms with Crippen LogP contribution in [0.4, 0.5) is 11.5 Å². The molecule has 0 amide bonds. The molecule has 0 aliphatic rings. The molecule has 2 N–H and O–H groups in total. The monoisotopic (exact) mass is 548 g/mol. The van der Waals surface area contributed by atoms with Crippen LogP contribution < -0.4 is 10.6 Å². The molecule has 0 saturated heterocycles. The van der Waals surface area contributed by atoms with Crippen molar-refractivity contribution < 1.29 is 0 Å². The number of benzene rings is 2. The smallest absolute Gasteiger partial charge is 0.176 e. The topological polar surface area (TPSA) is 59.7 Å². The second-order valence-electron chi connectivity index (χ2n) is 7.20. The van der Waals surface area contributed by atoms with Gasteiger partial charge in [-0.3, -0.25) is 9.36 Å². The summed E-state index contributed by atoms with van der Waals surface area (Å²) in [5, 5.41) is 16.7. The van der Waals surface area contributed by atoms with Crippen LogP contribution in [-0.4, -0.2) is 24.7 Å². The number of anilines is 2. The number of nitrogens with one attached hydrogen (secondary N) is 2. The molecule has 0 fully saturated rings. The van der Waals surface area contributed by atoms with Gasteiger partial charge in [0.2, 0.25) is 0 Å². The molecule has 4 aromatic rings. The van der Waals surface area contributed by atoms with E-state index in [0.29, 0.717) is 34.1 Å². The number of halogens is 3. The van der Waals surface area contributed by atoms with Gasteiger partial charge in [-0.25, -0.2) is 0 Å². The zero-order valence-electron chi connectivity index (χ0n) is 17.0. The van der Waals surface area contributed by atoms with E-state index >= 15 is 0 Å². The average Bonchev–Trinajstić information content (AvgIpc) is 3.32. The van der Waals surface area contributed by atoms with E-state index < -0.39 is 0 Å². The fraction of sp³-hybridized carbons (Fsp3) is 0.136. The fourth-order valence-electron chi connectivity index (χ4n) is 3.13. The maximum atomic E-state index is 6.10. The van der Waals surface area contributed by atoms with Gasteiger partial charge < -0.3 is 10.6 Å². The van der Waals surface area contributed by atoms with Gasteiger partial charge in [0.1, 0.15) is 0 Å². The first-order valence-corrected chi connectivity index (χ1v) is 11.6. The lowest BCUT2D eigenvalue weighted by molar-refractivity contribution is 0.684. The Hall–Kier alpha value is -2.39. The lowest BCUT2D eigenvalue weighted by Crippen LogP contribution is -2.19. The lowest BCUT2D eigenvalue weighted by Gasteiger charge is -2.07. The summed E-state index contributed by atoms with van der Waals surface area (Å²) in [6.45, 7) is 3.33. The van der Waals surface area contributed by atoms with E-state index in [-0.39, 0.29) is 0 Å². The predicted octanol–water partition coefficient (Wildman–Crippen LogP) is 6.36. The van der Waals surface area contributed by atoms with Crippen LogP contribution in [0.1, 0.15) is 16.7 Å². The molecule has 4 rings (SSSR count). The van der Waals surface area contributed by atoms with Crippen molar-refractivity contribution in [3.05, 3.63) is 92.3 Å². The molecule has 0 radical (unpaired) electrons. The Kier molecular flexibility index (Phi) is 7.15. The second kappa shape index (κ2) is 10.0. The standard InChI is InChI=1S/C22H19BrCl2N6S/c1-14-4-2-3-5-16(14)11-30-12-17(9-26-30)27-22(32)28-21-18(23)13-31(29-21)10-15-6-7-19(24)20(25)8-15/h2-9,12-13H,10-11H2,1H3,(H2,27,28,29,32). The first-order valence-electron chi connectivity index (χ1n) is 9.69. The number of nitrogens with zero attached hydrogens (tertiary/aromatic N) is 4. The summed E-state index contributed by atoms with van der Waals surface area (Å²) in [5.41, 5.74) is 4.24. The number of aryl methyl sites for hydroxylation is 1. The summed E-state index contributed by atoms with van der Waals surface area (Å²) in [4.78, 5) is 0. The van der Waals surface area contributed by atoms with Crippen molar-refractivity contribution in [2.75, 3.05) is 10.6 Å². The summed E-state index contributed by atoms with van der Waals surface area (Å²) >= 11 is 21.1. The molecule has 32 heavy (non-hydrogen) atoms. The molecule has 2 heterocycles. The van der Waals surface area contributed by atoms with Gasteiger partial charge in [-0.2, -0.15) is 10.2 Å². The third kappa shape index (κ3) is 5.69. The molecule has 10 heteroatoms. The highest BCUT2D eigenvalue weighted by Crippen LogP contribution is 2.25. The van der Waals surface area contributed by atoms with Gasteiger partial charge in [0.15, 0.2) is 10.9 Å². The molecule has 0 atom stereocenters.